The average molecular weight is 387 g/mol. The van der Waals surface area contributed by atoms with Crippen molar-refractivity contribution in [3.05, 3.63) is 53.2 Å². The van der Waals surface area contributed by atoms with Gasteiger partial charge in [0.2, 0.25) is 5.91 Å². The first-order valence-corrected chi connectivity index (χ1v) is 9.87. The molecule has 0 unspecified atom stereocenters. The first-order chi connectivity index (χ1) is 12.7. The van der Waals surface area contributed by atoms with Crippen molar-refractivity contribution in [2.24, 2.45) is 5.92 Å². The summed E-state index contributed by atoms with van der Waals surface area (Å²) in [6.45, 7) is 2.16. The monoisotopic (exact) mass is 386 g/mol. The molecule has 3 heterocycles. The predicted molar refractivity (Wildman–Crippen MR) is 106 cm³/mol. The first kappa shape index (κ1) is 17.2. The zero-order valence-corrected chi connectivity index (χ0v) is 15.8. The van der Waals surface area contributed by atoms with Crippen molar-refractivity contribution in [1.29, 1.82) is 0 Å². The minimum atomic E-state index is -0.0176. The second kappa shape index (κ2) is 7.60. The van der Waals surface area contributed by atoms with Crippen molar-refractivity contribution in [2.75, 3.05) is 18.0 Å². The van der Waals surface area contributed by atoms with Crippen LogP contribution in [0, 0.1) is 5.92 Å². The van der Waals surface area contributed by atoms with E-state index in [1.54, 1.807) is 17.5 Å². The Morgan fingerprint density at radius 3 is 2.96 bits per heavy atom. The lowest BCUT2D eigenvalue weighted by Gasteiger charge is -2.31. The van der Waals surface area contributed by atoms with Gasteiger partial charge in [-0.25, -0.2) is 9.97 Å². The summed E-state index contributed by atoms with van der Waals surface area (Å²) < 4.78 is 0. The molecule has 1 aliphatic heterocycles. The molecule has 1 fully saturated rings. The van der Waals surface area contributed by atoms with E-state index >= 15 is 0 Å². The highest BCUT2D eigenvalue weighted by Gasteiger charge is 2.27. The second-order valence-corrected chi connectivity index (χ2v) is 7.85. The Bertz CT molecular complexity index is 878. The van der Waals surface area contributed by atoms with Crippen molar-refractivity contribution in [2.45, 2.75) is 19.4 Å². The molecule has 0 radical (unpaired) electrons. The number of thiazole rings is 1. The molecular formula is C19H19ClN4OS. The summed E-state index contributed by atoms with van der Waals surface area (Å²) >= 11 is 7.49. The van der Waals surface area contributed by atoms with Crippen LogP contribution in [-0.2, 0) is 11.3 Å². The third-order valence-electron chi connectivity index (χ3n) is 4.60. The summed E-state index contributed by atoms with van der Waals surface area (Å²) in [7, 11) is 0. The Labute approximate surface area is 161 Å². The third-order valence-corrected chi connectivity index (χ3v) is 5.89. The van der Waals surface area contributed by atoms with Crippen LogP contribution in [0.1, 0.15) is 18.4 Å². The molecule has 1 N–H and O–H groups in total. The SMILES string of the molecule is O=C(NCc1ccc(Cl)cc1)[C@H]1CCCN(c2nc3cccnc3s2)C1. The summed E-state index contributed by atoms with van der Waals surface area (Å²) in [5.41, 5.74) is 1.97. The standard InChI is InChI=1S/C19H19ClN4OS/c20-15-7-5-13(6-8-15)11-22-17(25)14-3-2-10-24(12-14)19-23-16-4-1-9-21-18(16)26-19/h1,4-9,14H,2-3,10-12H2,(H,22,25)/t14-/m0/s1. The fourth-order valence-electron chi connectivity index (χ4n) is 3.19. The Hall–Kier alpha value is -2.18. The summed E-state index contributed by atoms with van der Waals surface area (Å²) in [5.74, 6) is 0.0832. The molecule has 3 aromatic rings. The maximum atomic E-state index is 12.6. The number of halogens is 1. The van der Waals surface area contributed by atoms with Gasteiger partial charge in [-0.05, 0) is 42.7 Å². The van der Waals surface area contributed by atoms with Crippen LogP contribution in [-0.4, -0.2) is 29.0 Å². The molecule has 134 valence electrons. The van der Waals surface area contributed by atoms with Crippen LogP contribution in [0.5, 0.6) is 0 Å². The van der Waals surface area contributed by atoms with Gasteiger partial charge in [0.15, 0.2) is 5.13 Å². The summed E-state index contributed by atoms with van der Waals surface area (Å²) in [4.78, 5) is 24.8. The minimum Gasteiger partial charge on any atom is -0.352 e. The number of hydrogen-bond acceptors (Lipinski definition) is 5. The van der Waals surface area contributed by atoms with Crippen LogP contribution in [0.3, 0.4) is 0 Å². The van der Waals surface area contributed by atoms with E-state index in [9.17, 15) is 4.79 Å². The topological polar surface area (TPSA) is 58.1 Å². The number of hydrogen-bond donors (Lipinski definition) is 1. The van der Waals surface area contributed by atoms with Crippen LogP contribution in [0.4, 0.5) is 5.13 Å². The fourth-order valence-corrected chi connectivity index (χ4v) is 4.26. The summed E-state index contributed by atoms with van der Waals surface area (Å²) in [6.07, 6.45) is 3.68. The molecule has 1 aliphatic rings. The molecule has 7 heteroatoms. The van der Waals surface area contributed by atoms with E-state index in [2.05, 4.69) is 20.2 Å². The van der Waals surface area contributed by atoms with Crippen molar-refractivity contribution >= 4 is 44.3 Å². The Morgan fingerprint density at radius 1 is 1.31 bits per heavy atom. The van der Waals surface area contributed by atoms with Gasteiger partial charge in [0.05, 0.1) is 5.92 Å². The number of piperidine rings is 1. The van der Waals surface area contributed by atoms with Crippen LogP contribution in [0.2, 0.25) is 5.02 Å². The zero-order valence-electron chi connectivity index (χ0n) is 14.2. The number of fused-ring (bicyclic) bond motifs is 1. The molecule has 4 rings (SSSR count). The molecule has 1 saturated heterocycles. The Kier molecular flexibility index (Phi) is 5.04. The van der Waals surface area contributed by atoms with Crippen molar-refractivity contribution in [3.63, 3.8) is 0 Å². The van der Waals surface area contributed by atoms with Crippen molar-refractivity contribution < 1.29 is 4.79 Å². The number of anilines is 1. The van der Waals surface area contributed by atoms with E-state index in [0.29, 0.717) is 18.1 Å². The number of pyridine rings is 1. The van der Waals surface area contributed by atoms with Gasteiger partial charge in [-0.2, -0.15) is 0 Å². The van der Waals surface area contributed by atoms with Crippen LogP contribution in [0.15, 0.2) is 42.6 Å². The van der Waals surface area contributed by atoms with Crippen LogP contribution < -0.4 is 10.2 Å². The molecule has 0 spiro atoms. The number of benzene rings is 1. The van der Waals surface area contributed by atoms with Gasteiger partial charge in [-0.1, -0.05) is 35.1 Å². The molecule has 0 saturated carbocycles. The molecule has 1 amide bonds. The largest absolute Gasteiger partial charge is 0.352 e. The number of rotatable bonds is 4. The number of carbonyl (C=O) groups is 1. The minimum absolute atomic E-state index is 0.0176. The van der Waals surface area contributed by atoms with E-state index in [-0.39, 0.29) is 11.8 Å². The van der Waals surface area contributed by atoms with Gasteiger partial charge in [-0.3, -0.25) is 4.79 Å². The van der Waals surface area contributed by atoms with E-state index in [1.807, 2.05) is 36.4 Å². The predicted octanol–water partition coefficient (Wildman–Crippen LogP) is 3.88. The van der Waals surface area contributed by atoms with E-state index in [0.717, 1.165) is 40.4 Å². The first-order valence-electron chi connectivity index (χ1n) is 8.68. The van der Waals surface area contributed by atoms with E-state index in [4.69, 9.17) is 11.6 Å². The molecular weight excluding hydrogens is 368 g/mol. The number of nitrogens with one attached hydrogen (secondary N) is 1. The maximum absolute atomic E-state index is 12.6. The molecule has 1 aromatic carbocycles. The summed E-state index contributed by atoms with van der Waals surface area (Å²) in [5, 5.41) is 4.70. The molecule has 0 bridgehead atoms. The van der Waals surface area contributed by atoms with Gasteiger partial charge in [0.1, 0.15) is 10.3 Å². The van der Waals surface area contributed by atoms with Crippen LogP contribution in [0.25, 0.3) is 10.3 Å². The van der Waals surface area contributed by atoms with Crippen LogP contribution >= 0.6 is 22.9 Å². The molecule has 1 atom stereocenters. The number of carbonyl (C=O) groups excluding carboxylic acids is 1. The highest BCUT2D eigenvalue weighted by atomic mass is 35.5. The lowest BCUT2D eigenvalue weighted by atomic mass is 9.97. The quantitative estimate of drug-likeness (QED) is 0.739. The van der Waals surface area contributed by atoms with Gasteiger partial charge in [0, 0.05) is 30.9 Å². The maximum Gasteiger partial charge on any atom is 0.225 e. The third kappa shape index (κ3) is 3.81. The molecule has 5 nitrogen and oxygen atoms in total. The fraction of sp³-hybridized carbons (Fsp3) is 0.316. The summed E-state index contributed by atoms with van der Waals surface area (Å²) in [6, 6.07) is 11.4. The van der Waals surface area contributed by atoms with Gasteiger partial charge >= 0.3 is 0 Å². The van der Waals surface area contributed by atoms with Gasteiger partial charge in [0.25, 0.3) is 0 Å². The lowest BCUT2D eigenvalue weighted by Crippen LogP contribution is -2.42. The highest BCUT2D eigenvalue weighted by Crippen LogP contribution is 2.30. The highest BCUT2D eigenvalue weighted by molar-refractivity contribution is 7.21. The molecule has 0 aliphatic carbocycles. The smallest absolute Gasteiger partial charge is 0.225 e. The number of amides is 1. The van der Waals surface area contributed by atoms with Gasteiger partial charge in [-0.15, -0.1) is 0 Å². The van der Waals surface area contributed by atoms with Crippen molar-refractivity contribution in [1.82, 2.24) is 15.3 Å². The lowest BCUT2D eigenvalue weighted by molar-refractivity contribution is -0.125. The Morgan fingerprint density at radius 2 is 2.15 bits per heavy atom. The number of aromatic nitrogens is 2. The zero-order chi connectivity index (χ0) is 17.9. The normalized spacial score (nSPS) is 17.4. The average Bonchev–Trinajstić information content (AvgIpc) is 3.12. The van der Waals surface area contributed by atoms with E-state index in [1.165, 1.54) is 0 Å². The second-order valence-electron chi connectivity index (χ2n) is 6.45. The molecule has 26 heavy (non-hydrogen) atoms. The van der Waals surface area contributed by atoms with E-state index < -0.39 is 0 Å². The Balaban J connectivity index is 1.39. The molecule has 2 aromatic heterocycles. The van der Waals surface area contributed by atoms with Crippen molar-refractivity contribution in [3.8, 4) is 0 Å². The number of nitrogens with zero attached hydrogens (tertiary/aromatic N) is 3. The van der Waals surface area contributed by atoms with Gasteiger partial charge < -0.3 is 10.2 Å².